The molecule has 1 aliphatic rings. The zero-order chi connectivity index (χ0) is 27.1. The summed E-state index contributed by atoms with van der Waals surface area (Å²) >= 11 is 0. The second-order valence-corrected chi connectivity index (χ2v) is 9.89. The minimum atomic E-state index is -0.272. The summed E-state index contributed by atoms with van der Waals surface area (Å²) < 4.78 is 1.96. The van der Waals surface area contributed by atoms with Gasteiger partial charge in [0, 0.05) is 42.7 Å². The average molecular weight is 528 g/mol. The standard InChI is InChI=1S/C31H25N7O2/c39-30(26-12-6-11-25(33-26)29-35-23-9-1-2-10-24(23)36-29)32-22-14-16-38(18-22)31(40)21-8-5-7-20(17-21)27-19-37-15-4-3-13-28(37)34-27/h1-13,15,17,19,22H,14,16,18H2,(H,32,39)(H,35,36). The second-order valence-electron chi connectivity index (χ2n) is 9.89. The number of rotatable bonds is 5. The molecule has 0 bridgehead atoms. The fourth-order valence-electron chi connectivity index (χ4n) is 5.16. The molecule has 6 aromatic rings. The van der Waals surface area contributed by atoms with Gasteiger partial charge in [0.15, 0.2) is 5.82 Å². The van der Waals surface area contributed by atoms with Gasteiger partial charge in [-0.3, -0.25) is 9.59 Å². The first-order chi connectivity index (χ1) is 19.6. The van der Waals surface area contributed by atoms with E-state index in [4.69, 9.17) is 0 Å². The van der Waals surface area contributed by atoms with Crippen LogP contribution in [0.25, 0.3) is 39.5 Å². The predicted octanol–water partition coefficient (Wildman–Crippen LogP) is 4.58. The number of likely N-dealkylation sites (tertiary alicyclic amines) is 1. The Morgan fingerprint density at radius 1 is 0.875 bits per heavy atom. The first-order valence-corrected chi connectivity index (χ1v) is 13.2. The molecule has 0 aliphatic carbocycles. The van der Waals surface area contributed by atoms with E-state index in [1.54, 1.807) is 17.0 Å². The maximum Gasteiger partial charge on any atom is 0.270 e. The van der Waals surface area contributed by atoms with Gasteiger partial charge in [-0.1, -0.05) is 36.4 Å². The van der Waals surface area contributed by atoms with E-state index in [1.165, 1.54) is 0 Å². The van der Waals surface area contributed by atoms with Gasteiger partial charge in [-0.25, -0.2) is 15.0 Å². The van der Waals surface area contributed by atoms with Crippen molar-refractivity contribution in [2.24, 2.45) is 0 Å². The summed E-state index contributed by atoms with van der Waals surface area (Å²) in [6, 6.07) is 26.3. The number of hydrogen-bond acceptors (Lipinski definition) is 5. The molecule has 9 nitrogen and oxygen atoms in total. The molecule has 1 saturated heterocycles. The number of aromatic amines is 1. The van der Waals surface area contributed by atoms with Gasteiger partial charge >= 0.3 is 0 Å². The van der Waals surface area contributed by atoms with Crippen molar-refractivity contribution in [3.05, 3.63) is 109 Å². The molecule has 2 N–H and O–H groups in total. The van der Waals surface area contributed by atoms with Crippen LogP contribution in [0.4, 0.5) is 0 Å². The molecular weight excluding hydrogens is 502 g/mol. The molecule has 1 fully saturated rings. The Hall–Kier alpha value is -5.31. The maximum absolute atomic E-state index is 13.3. The zero-order valence-electron chi connectivity index (χ0n) is 21.5. The summed E-state index contributed by atoms with van der Waals surface area (Å²) in [7, 11) is 0. The van der Waals surface area contributed by atoms with Gasteiger partial charge < -0.3 is 19.6 Å². The van der Waals surface area contributed by atoms with Gasteiger partial charge in [-0.2, -0.15) is 0 Å². The highest BCUT2D eigenvalue weighted by Crippen LogP contribution is 2.23. The van der Waals surface area contributed by atoms with Crippen molar-refractivity contribution in [1.29, 1.82) is 0 Å². The third kappa shape index (κ3) is 4.47. The molecule has 0 radical (unpaired) electrons. The largest absolute Gasteiger partial charge is 0.346 e. The predicted molar refractivity (Wildman–Crippen MR) is 152 cm³/mol. The van der Waals surface area contributed by atoms with Crippen molar-refractivity contribution in [2.45, 2.75) is 12.5 Å². The Bertz CT molecular complexity index is 1820. The summed E-state index contributed by atoms with van der Waals surface area (Å²) in [5, 5.41) is 3.05. The van der Waals surface area contributed by atoms with Crippen LogP contribution >= 0.6 is 0 Å². The Morgan fingerprint density at radius 3 is 2.65 bits per heavy atom. The number of fused-ring (bicyclic) bond motifs is 2. The molecule has 196 valence electrons. The van der Waals surface area contributed by atoms with Crippen LogP contribution in [0.1, 0.15) is 27.3 Å². The molecule has 4 aromatic heterocycles. The van der Waals surface area contributed by atoms with Crippen molar-refractivity contribution in [1.82, 2.24) is 34.6 Å². The Kier molecular flexibility index (Phi) is 5.81. The normalized spacial score (nSPS) is 15.1. The summed E-state index contributed by atoms with van der Waals surface area (Å²) in [6.07, 6.45) is 4.58. The molecule has 9 heteroatoms. The lowest BCUT2D eigenvalue weighted by atomic mass is 10.1. The highest BCUT2D eigenvalue weighted by atomic mass is 16.2. The lowest BCUT2D eigenvalue weighted by Crippen LogP contribution is -2.38. The summed E-state index contributed by atoms with van der Waals surface area (Å²) in [5.41, 5.74) is 5.80. The monoisotopic (exact) mass is 527 g/mol. The molecule has 1 atom stereocenters. The number of para-hydroxylation sites is 2. The molecular formula is C31H25N7O2. The highest BCUT2D eigenvalue weighted by Gasteiger charge is 2.29. The minimum absolute atomic E-state index is 0.0626. The smallest absolute Gasteiger partial charge is 0.270 e. The fraction of sp³-hybridized carbons (Fsp3) is 0.129. The lowest BCUT2D eigenvalue weighted by Gasteiger charge is -2.17. The molecule has 7 rings (SSSR count). The van der Waals surface area contributed by atoms with Crippen LogP contribution in [-0.4, -0.2) is 60.2 Å². The van der Waals surface area contributed by atoms with E-state index in [9.17, 15) is 9.59 Å². The van der Waals surface area contributed by atoms with Gasteiger partial charge in [0.05, 0.1) is 16.7 Å². The molecule has 2 amide bonds. The molecule has 40 heavy (non-hydrogen) atoms. The van der Waals surface area contributed by atoms with Crippen molar-refractivity contribution in [3.8, 4) is 22.8 Å². The Labute approximate surface area is 229 Å². The Morgan fingerprint density at radius 2 is 1.75 bits per heavy atom. The first kappa shape index (κ1) is 23.8. The maximum atomic E-state index is 13.3. The third-order valence-corrected chi connectivity index (χ3v) is 7.19. The van der Waals surface area contributed by atoms with Crippen LogP contribution < -0.4 is 5.32 Å². The van der Waals surface area contributed by atoms with Crippen molar-refractivity contribution < 1.29 is 9.59 Å². The van der Waals surface area contributed by atoms with E-state index < -0.39 is 0 Å². The number of nitrogens with one attached hydrogen (secondary N) is 2. The average Bonchev–Trinajstić information content (AvgIpc) is 3.75. The number of carbonyl (C=O) groups excluding carboxylic acids is 2. The topological polar surface area (TPSA) is 108 Å². The van der Waals surface area contributed by atoms with Gasteiger partial charge in [-0.05, 0) is 55.0 Å². The molecule has 1 aliphatic heterocycles. The summed E-state index contributed by atoms with van der Waals surface area (Å²) in [5.74, 6) is 0.276. The summed E-state index contributed by atoms with van der Waals surface area (Å²) in [4.78, 5) is 45.2. The molecule has 1 unspecified atom stereocenters. The van der Waals surface area contributed by atoms with Crippen LogP contribution in [-0.2, 0) is 0 Å². The number of nitrogens with zero attached hydrogens (tertiary/aromatic N) is 5. The van der Waals surface area contributed by atoms with Crippen molar-refractivity contribution >= 4 is 28.5 Å². The van der Waals surface area contributed by atoms with Crippen LogP contribution in [0, 0.1) is 0 Å². The highest BCUT2D eigenvalue weighted by molar-refractivity contribution is 5.96. The van der Waals surface area contributed by atoms with E-state index in [1.807, 2.05) is 89.6 Å². The van der Waals surface area contributed by atoms with E-state index in [0.717, 1.165) is 27.9 Å². The van der Waals surface area contributed by atoms with Crippen LogP contribution in [0.3, 0.4) is 0 Å². The molecule has 0 saturated carbocycles. The zero-order valence-corrected chi connectivity index (χ0v) is 21.5. The third-order valence-electron chi connectivity index (χ3n) is 7.19. The number of aromatic nitrogens is 5. The fourth-order valence-corrected chi connectivity index (χ4v) is 5.16. The van der Waals surface area contributed by atoms with Gasteiger partial charge in [0.1, 0.15) is 17.0 Å². The van der Waals surface area contributed by atoms with E-state index in [-0.39, 0.29) is 17.9 Å². The number of imidazole rings is 2. The number of carbonyl (C=O) groups is 2. The molecule has 2 aromatic carbocycles. The van der Waals surface area contributed by atoms with Crippen LogP contribution in [0.15, 0.2) is 97.3 Å². The number of amides is 2. The Balaban J connectivity index is 1.03. The SMILES string of the molecule is O=C(NC1CCN(C(=O)c2cccc(-c3cn4ccccc4n3)c2)C1)c1cccc(-c2nc3ccccc3[nH]2)n1. The molecule has 5 heterocycles. The van der Waals surface area contributed by atoms with E-state index in [2.05, 4.69) is 25.3 Å². The molecule has 0 spiro atoms. The van der Waals surface area contributed by atoms with Gasteiger partial charge in [-0.15, -0.1) is 0 Å². The second kappa shape index (κ2) is 9.77. The van der Waals surface area contributed by atoms with Gasteiger partial charge in [0.25, 0.3) is 11.8 Å². The van der Waals surface area contributed by atoms with Crippen molar-refractivity contribution in [2.75, 3.05) is 13.1 Å². The van der Waals surface area contributed by atoms with Gasteiger partial charge in [0.2, 0.25) is 0 Å². The number of H-pyrrole nitrogens is 1. The van der Waals surface area contributed by atoms with Crippen LogP contribution in [0.2, 0.25) is 0 Å². The quantitative estimate of drug-likeness (QED) is 0.341. The van der Waals surface area contributed by atoms with E-state index in [0.29, 0.717) is 42.3 Å². The lowest BCUT2D eigenvalue weighted by molar-refractivity contribution is 0.0783. The van der Waals surface area contributed by atoms with E-state index >= 15 is 0 Å². The number of pyridine rings is 2. The van der Waals surface area contributed by atoms with Crippen LogP contribution in [0.5, 0.6) is 0 Å². The number of hydrogen-bond donors (Lipinski definition) is 2. The minimum Gasteiger partial charge on any atom is -0.346 e. The number of benzene rings is 2. The first-order valence-electron chi connectivity index (χ1n) is 13.2. The van der Waals surface area contributed by atoms with Crippen molar-refractivity contribution in [3.63, 3.8) is 0 Å². The summed E-state index contributed by atoms with van der Waals surface area (Å²) in [6.45, 7) is 1.00.